The third-order valence-corrected chi connectivity index (χ3v) is 2.47. The standard InChI is InChI=1S/C14H21NO3/c1-14(2,3)18-9-11-6-4-10(5-7-11)8-12(15)13(16)17/h4-7,12H,8-9,15H2,1-3H3,(H,16,17)/t12-/m1/s1. The highest BCUT2D eigenvalue weighted by Crippen LogP contribution is 2.13. The van der Waals surface area contributed by atoms with E-state index in [0.29, 0.717) is 13.0 Å². The van der Waals surface area contributed by atoms with Crippen LogP contribution in [0.3, 0.4) is 0 Å². The van der Waals surface area contributed by atoms with E-state index in [4.69, 9.17) is 15.6 Å². The smallest absolute Gasteiger partial charge is 0.320 e. The van der Waals surface area contributed by atoms with E-state index in [0.717, 1.165) is 11.1 Å². The summed E-state index contributed by atoms with van der Waals surface area (Å²) in [5.41, 5.74) is 7.30. The summed E-state index contributed by atoms with van der Waals surface area (Å²) in [6.45, 7) is 6.57. The molecule has 4 nitrogen and oxygen atoms in total. The molecule has 18 heavy (non-hydrogen) atoms. The van der Waals surface area contributed by atoms with Gasteiger partial charge in [-0.15, -0.1) is 0 Å². The molecule has 0 aliphatic carbocycles. The van der Waals surface area contributed by atoms with E-state index in [2.05, 4.69) is 0 Å². The van der Waals surface area contributed by atoms with Gasteiger partial charge in [0.15, 0.2) is 0 Å². The van der Waals surface area contributed by atoms with Crippen LogP contribution in [0.2, 0.25) is 0 Å². The highest BCUT2D eigenvalue weighted by Gasteiger charge is 2.12. The zero-order valence-electron chi connectivity index (χ0n) is 11.1. The highest BCUT2D eigenvalue weighted by molar-refractivity contribution is 5.73. The minimum Gasteiger partial charge on any atom is -0.480 e. The van der Waals surface area contributed by atoms with Gasteiger partial charge in [-0.3, -0.25) is 4.79 Å². The normalized spacial score (nSPS) is 13.3. The molecule has 1 aromatic rings. The number of nitrogens with two attached hydrogens (primary N) is 1. The van der Waals surface area contributed by atoms with Crippen LogP contribution in [0.1, 0.15) is 31.9 Å². The number of hydrogen-bond donors (Lipinski definition) is 2. The van der Waals surface area contributed by atoms with Crippen LogP contribution >= 0.6 is 0 Å². The maximum Gasteiger partial charge on any atom is 0.320 e. The fourth-order valence-electron chi connectivity index (χ4n) is 1.41. The molecule has 4 heteroatoms. The maximum atomic E-state index is 10.6. The second-order valence-corrected chi connectivity index (χ2v) is 5.37. The van der Waals surface area contributed by atoms with Gasteiger partial charge in [0.25, 0.3) is 0 Å². The lowest BCUT2D eigenvalue weighted by atomic mass is 10.0. The molecule has 0 aromatic heterocycles. The van der Waals surface area contributed by atoms with Crippen molar-refractivity contribution < 1.29 is 14.6 Å². The van der Waals surface area contributed by atoms with Crippen LogP contribution < -0.4 is 5.73 Å². The first-order valence-corrected chi connectivity index (χ1v) is 5.98. The van der Waals surface area contributed by atoms with Gasteiger partial charge in [-0.1, -0.05) is 24.3 Å². The van der Waals surface area contributed by atoms with Crippen molar-refractivity contribution in [1.82, 2.24) is 0 Å². The summed E-state index contributed by atoms with van der Waals surface area (Å²) in [5.74, 6) is -0.977. The van der Waals surface area contributed by atoms with Crippen molar-refractivity contribution in [2.75, 3.05) is 0 Å². The van der Waals surface area contributed by atoms with E-state index in [9.17, 15) is 4.79 Å². The lowest BCUT2D eigenvalue weighted by molar-refractivity contribution is -0.138. The summed E-state index contributed by atoms with van der Waals surface area (Å²) in [5, 5.41) is 8.73. The number of ether oxygens (including phenoxy) is 1. The zero-order valence-corrected chi connectivity index (χ0v) is 11.1. The average Bonchev–Trinajstić information content (AvgIpc) is 2.27. The van der Waals surface area contributed by atoms with Gasteiger partial charge < -0.3 is 15.6 Å². The molecule has 1 atom stereocenters. The van der Waals surface area contributed by atoms with Crippen LogP contribution in [0.15, 0.2) is 24.3 Å². The first-order valence-electron chi connectivity index (χ1n) is 5.98. The summed E-state index contributed by atoms with van der Waals surface area (Å²) in [7, 11) is 0. The van der Waals surface area contributed by atoms with Crippen molar-refractivity contribution in [3.63, 3.8) is 0 Å². The Morgan fingerprint density at radius 1 is 1.28 bits per heavy atom. The van der Waals surface area contributed by atoms with Gasteiger partial charge in [0.2, 0.25) is 0 Å². The molecule has 0 spiro atoms. The highest BCUT2D eigenvalue weighted by atomic mass is 16.5. The van der Waals surface area contributed by atoms with Crippen LogP contribution in [-0.4, -0.2) is 22.7 Å². The van der Waals surface area contributed by atoms with Crippen molar-refractivity contribution in [3.8, 4) is 0 Å². The number of carbonyl (C=O) groups is 1. The number of benzene rings is 1. The van der Waals surface area contributed by atoms with Crippen molar-refractivity contribution in [3.05, 3.63) is 35.4 Å². The van der Waals surface area contributed by atoms with Gasteiger partial charge in [-0.2, -0.15) is 0 Å². The van der Waals surface area contributed by atoms with Crippen molar-refractivity contribution in [1.29, 1.82) is 0 Å². The summed E-state index contributed by atoms with van der Waals surface area (Å²) in [4.78, 5) is 10.6. The molecule has 3 N–H and O–H groups in total. The fourth-order valence-corrected chi connectivity index (χ4v) is 1.41. The summed E-state index contributed by atoms with van der Waals surface area (Å²) >= 11 is 0. The van der Waals surface area contributed by atoms with Crippen LogP contribution in [0, 0.1) is 0 Å². The van der Waals surface area contributed by atoms with Crippen molar-refractivity contribution in [2.45, 2.75) is 45.4 Å². The average molecular weight is 251 g/mol. The van der Waals surface area contributed by atoms with Crippen LogP contribution in [-0.2, 0) is 22.6 Å². The molecule has 0 amide bonds. The molecular formula is C14H21NO3. The first kappa shape index (κ1) is 14.7. The van der Waals surface area contributed by atoms with Crippen molar-refractivity contribution >= 4 is 5.97 Å². The van der Waals surface area contributed by atoms with E-state index in [-0.39, 0.29) is 5.60 Å². The number of aliphatic carboxylic acids is 1. The predicted molar refractivity (Wildman–Crippen MR) is 70.3 cm³/mol. The minimum atomic E-state index is -0.977. The second-order valence-electron chi connectivity index (χ2n) is 5.37. The lowest BCUT2D eigenvalue weighted by Gasteiger charge is -2.19. The van der Waals surface area contributed by atoms with E-state index in [1.807, 2.05) is 45.0 Å². The third-order valence-electron chi connectivity index (χ3n) is 2.47. The van der Waals surface area contributed by atoms with E-state index >= 15 is 0 Å². The van der Waals surface area contributed by atoms with Gasteiger partial charge in [-0.25, -0.2) is 0 Å². The number of carboxylic acids is 1. The van der Waals surface area contributed by atoms with Crippen LogP contribution in [0.5, 0.6) is 0 Å². The Labute approximate surface area is 108 Å². The summed E-state index contributed by atoms with van der Waals surface area (Å²) in [6, 6.07) is 6.82. The molecule has 0 fully saturated rings. The third kappa shape index (κ3) is 5.29. The van der Waals surface area contributed by atoms with Gasteiger partial charge >= 0.3 is 5.97 Å². The number of hydrogen-bond acceptors (Lipinski definition) is 3. The van der Waals surface area contributed by atoms with Gasteiger partial charge in [0.1, 0.15) is 6.04 Å². The van der Waals surface area contributed by atoms with E-state index in [1.165, 1.54) is 0 Å². The summed E-state index contributed by atoms with van der Waals surface area (Å²) in [6.07, 6.45) is 0.343. The molecule has 0 saturated carbocycles. The zero-order chi connectivity index (χ0) is 13.8. The molecule has 0 unspecified atom stereocenters. The minimum absolute atomic E-state index is 0.162. The molecule has 100 valence electrons. The second kappa shape index (κ2) is 5.98. The molecular weight excluding hydrogens is 230 g/mol. The Morgan fingerprint density at radius 2 is 1.78 bits per heavy atom. The molecule has 0 radical (unpaired) electrons. The Hall–Kier alpha value is -1.39. The molecule has 0 bridgehead atoms. The topological polar surface area (TPSA) is 72.5 Å². The summed E-state index contributed by atoms with van der Waals surface area (Å²) < 4.78 is 5.66. The predicted octanol–water partition coefficient (Wildman–Crippen LogP) is 1.96. The lowest BCUT2D eigenvalue weighted by Crippen LogP contribution is -2.32. The molecule has 0 aliphatic heterocycles. The van der Waals surface area contributed by atoms with Crippen LogP contribution in [0.25, 0.3) is 0 Å². The first-order chi connectivity index (χ1) is 8.28. The molecule has 0 heterocycles. The number of carboxylic acid groups (broad SMARTS) is 1. The number of rotatable bonds is 5. The Balaban J connectivity index is 2.55. The van der Waals surface area contributed by atoms with Crippen LogP contribution in [0.4, 0.5) is 0 Å². The van der Waals surface area contributed by atoms with E-state index in [1.54, 1.807) is 0 Å². The Bertz CT molecular complexity index is 392. The largest absolute Gasteiger partial charge is 0.480 e. The Morgan fingerprint density at radius 3 is 2.22 bits per heavy atom. The molecule has 1 rings (SSSR count). The van der Waals surface area contributed by atoms with Crippen molar-refractivity contribution in [2.24, 2.45) is 5.73 Å². The molecule has 1 aromatic carbocycles. The van der Waals surface area contributed by atoms with Gasteiger partial charge in [-0.05, 0) is 38.3 Å². The quantitative estimate of drug-likeness (QED) is 0.839. The fraction of sp³-hybridized carbons (Fsp3) is 0.500. The molecule has 0 saturated heterocycles. The Kier molecular flexibility index (Phi) is 4.87. The van der Waals surface area contributed by atoms with Gasteiger partial charge in [0, 0.05) is 0 Å². The monoisotopic (exact) mass is 251 g/mol. The van der Waals surface area contributed by atoms with Gasteiger partial charge in [0.05, 0.1) is 12.2 Å². The SMILES string of the molecule is CC(C)(C)OCc1ccc(C[C@@H](N)C(=O)O)cc1. The maximum absolute atomic E-state index is 10.6. The van der Waals surface area contributed by atoms with E-state index < -0.39 is 12.0 Å². The molecule has 0 aliphatic rings.